The van der Waals surface area contributed by atoms with E-state index in [0.29, 0.717) is 0 Å². The van der Waals surface area contributed by atoms with Gasteiger partial charge in [0, 0.05) is 22.2 Å². The Balaban J connectivity index is 2.63. The van der Waals surface area contributed by atoms with E-state index < -0.39 is 17.5 Å². The van der Waals surface area contributed by atoms with Crippen LogP contribution < -0.4 is 0 Å². The summed E-state index contributed by atoms with van der Waals surface area (Å²) in [5, 5.41) is 0.199. The lowest BCUT2D eigenvalue weighted by molar-refractivity contribution is 0.509. The zero-order chi connectivity index (χ0) is 11.7. The van der Waals surface area contributed by atoms with Gasteiger partial charge in [0.05, 0.1) is 0 Å². The summed E-state index contributed by atoms with van der Waals surface area (Å²) in [6, 6.07) is 8.26. The molecule has 4 heteroatoms. The van der Waals surface area contributed by atoms with Crippen molar-refractivity contribution in [3.05, 3.63) is 58.9 Å². The van der Waals surface area contributed by atoms with Crippen molar-refractivity contribution >= 4 is 11.6 Å². The highest BCUT2D eigenvalue weighted by Crippen LogP contribution is 2.28. The molecule has 0 saturated heterocycles. The van der Waals surface area contributed by atoms with Crippen LogP contribution in [0.4, 0.5) is 13.2 Å². The van der Waals surface area contributed by atoms with Gasteiger partial charge < -0.3 is 0 Å². The van der Waals surface area contributed by atoms with E-state index in [2.05, 4.69) is 6.07 Å². The van der Waals surface area contributed by atoms with Crippen molar-refractivity contribution in [2.24, 2.45) is 0 Å². The van der Waals surface area contributed by atoms with Crippen molar-refractivity contribution in [1.82, 2.24) is 0 Å². The minimum Gasteiger partial charge on any atom is -0.206 e. The van der Waals surface area contributed by atoms with Gasteiger partial charge in [-0.3, -0.25) is 0 Å². The van der Waals surface area contributed by atoms with Crippen molar-refractivity contribution in [1.29, 1.82) is 0 Å². The molecule has 0 saturated carbocycles. The van der Waals surface area contributed by atoms with E-state index in [1.165, 1.54) is 24.3 Å². The number of halogens is 4. The molecule has 16 heavy (non-hydrogen) atoms. The molecule has 2 aromatic rings. The highest BCUT2D eigenvalue weighted by atomic mass is 35.5. The first kappa shape index (κ1) is 11.0. The van der Waals surface area contributed by atoms with Crippen LogP contribution in [0.2, 0.25) is 5.02 Å². The summed E-state index contributed by atoms with van der Waals surface area (Å²) >= 11 is 5.56. The Hall–Kier alpha value is -1.48. The van der Waals surface area contributed by atoms with Gasteiger partial charge in [0.15, 0.2) is 11.6 Å². The Morgan fingerprint density at radius 3 is 2.44 bits per heavy atom. The first-order valence-corrected chi connectivity index (χ1v) is 4.78. The molecule has 81 valence electrons. The molecule has 0 nitrogen and oxygen atoms in total. The van der Waals surface area contributed by atoms with Gasteiger partial charge in [0.2, 0.25) is 0 Å². The molecule has 0 aliphatic heterocycles. The van der Waals surface area contributed by atoms with Crippen LogP contribution >= 0.6 is 11.6 Å². The normalized spacial score (nSPS) is 10.5. The second-order valence-corrected chi connectivity index (χ2v) is 3.58. The third kappa shape index (κ3) is 1.91. The van der Waals surface area contributed by atoms with Crippen LogP contribution in [0.15, 0.2) is 30.3 Å². The fourth-order valence-corrected chi connectivity index (χ4v) is 1.53. The summed E-state index contributed by atoms with van der Waals surface area (Å²) in [5.41, 5.74) is -0.180. The summed E-state index contributed by atoms with van der Waals surface area (Å²) in [6.45, 7) is 0. The average Bonchev–Trinajstić information content (AvgIpc) is 2.23. The first-order valence-electron chi connectivity index (χ1n) is 4.40. The number of rotatable bonds is 1. The number of hydrogen-bond donors (Lipinski definition) is 0. The molecule has 0 bridgehead atoms. The van der Waals surface area contributed by atoms with E-state index in [-0.39, 0.29) is 16.1 Å². The lowest BCUT2D eigenvalue weighted by Gasteiger charge is -2.05. The van der Waals surface area contributed by atoms with Crippen LogP contribution in [0.1, 0.15) is 0 Å². The SMILES string of the molecule is Fc1[c]ccc(-c2ccc(Cl)cc2F)c1F. The molecule has 0 amide bonds. The van der Waals surface area contributed by atoms with Crippen LogP contribution in [0.3, 0.4) is 0 Å². The third-order valence-corrected chi connectivity index (χ3v) is 2.35. The third-order valence-electron chi connectivity index (χ3n) is 2.11. The molecular formula is C12H5ClF3. The van der Waals surface area contributed by atoms with E-state index in [1.54, 1.807) is 0 Å². The van der Waals surface area contributed by atoms with Crippen LogP contribution in [-0.2, 0) is 0 Å². The second kappa shape index (κ2) is 4.18. The van der Waals surface area contributed by atoms with Gasteiger partial charge in [0.1, 0.15) is 5.82 Å². The minimum absolute atomic E-state index is 0.0326. The molecule has 2 rings (SSSR count). The Bertz CT molecular complexity index is 538. The first-order chi connectivity index (χ1) is 7.59. The molecule has 0 N–H and O–H groups in total. The summed E-state index contributed by atoms with van der Waals surface area (Å²) in [6.07, 6.45) is 0. The Morgan fingerprint density at radius 1 is 1.00 bits per heavy atom. The molecule has 0 aliphatic carbocycles. The van der Waals surface area contributed by atoms with Crippen molar-refractivity contribution in [3.8, 4) is 11.1 Å². The summed E-state index contributed by atoms with van der Waals surface area (Å²) in [4.78, 5) is 0. The monoisotopic (exact) mass is 241 g/mol. The highest BCUT2D eigenvalue weighted by molar-refractivity contribution is 6.30. The summed E-state index contributed by atoms with van der Waals surface area (Å²) < 4.78 is 39.7. The Morgan fingerprint density at radius 2 is 1.75 bits per heavy atom. The standard InChI is InChI=1S/C12H5ClF3/c13-7-4-5-8(11(15)6-7)9-2-1-3-10(14)12(9)16/h1-2,4-6H. The van der Waals surface area contributed by atoms with Crippen molar-refractivity contribution < 1.29 is 13.2 Å². The van der Waals surface area contributed by atoms with Gasteiger partial charge in [-0.1, -0.05) is 23.7 Å². The molecule has 0 spiro atoms. The van der Waals surface area contributed by atoms with Crippen molar-refractivity contribution in [3.63, 3.8) is 0 Å². The van der Waals surface area contributed by atoms with Gasteiger partial charge in [-0.05, 0) is 18.2 Å². The lowest BCUT2D eigenvalue weighted by Crippen LogP contribution is -1.92. The predicted octanol–water partition coefficient (Wildman–Crippen LogP) is 4.22. The quantitative estimate of drug-likeness (QED) is 0.701. The maximum atomic E-state index is 13.5. The van der Waals surface area contributed by atoms with Crippen LogP contribution in [0, 0.1) is 23.5 Å². The summed E-state index contributed by atoms with van der Waals surface area (Å²) in [7, 11) is 0. The van der Waals surface area contributed by atoms with Gasteiger partial charge in [-0.25, -0.2) is 13.2 Å². The molecule has 0 aliphatic rings. The fourth-order valence-electron chi connectivity index (χ4n) is 1.37. The molecule has 0 atom stereocenters. The largest absolute Gasteiger partial charge is 0.206 e. The smallest absolute Gasteiger partial charge is 0.167 e. The van der Waals surface area contributed by atoms with E-state index >= 15 is 0 Å². The van der Waals surface area contributed by atoms with E-state index in [0.717, 1.165) is 6.07 Å². The molecule has 0 fully saturated rings. The van der Waals surface area contributed by atoms with E-state index in [1.807, 2.05) is 0 Å². The van der Waals surface area contributed by atoms with Gasteiger partial charge in [-0.2, -0.15) is 0 Å². The topological polar surface area (TPSA) is 0 Å². The van der Waals surface area contributed by atoms with Crippen LogP contribution in [-0.4, -0.2) is 0 Å². The average molecular weight is 242 g/mol. The van der Waals surface area contributed by atoms with E-state index in [9.17, 15) is 13.2 Å². The Kier molecular flexibility index (Phi) is 2.88. The zero-order valence-corrected chi connectivity index (χ0v) is 8.65. The minimum atomic E-state index is -1.13. The molecule has 0 unspecified atom stereocenters. The lowest BCUT2D eigenvalue weighted by atomic mass is 10.0. The maximum absolute atomic E-state index is 13.5. The Labute approximate surface area is 95.3 Å². The number of hydrogen-bond acceptors (Lipinski definition) is 0. The predicted molar refractivity (Wildman–Crippen MR) is 55.6 cm³/mol. The van der Waals surface area contributed by atoms with Crippen LogP contribution in [0.5, 0.6) is 0 Å². The second-order valence-electron chi connectivity index (χ2n) is 3.14. The molecule has 0 aromatic heterocycles. The van der Waals surface area contributed by atoms with Crippen LogP contribution in [0.25, 0.3) is 11.1 Å². The molecule has 0 heterocycles. The van der Waals surface area contributed by atoms with Crippen molar-refractivity contribution in [2.45, 2.75) is 0 Å². The molecule has 1 radical (unpaired) electrons. The highest BCUT2D eigenvalue weighted by Gasteiger charge is 2.13. The van der Waals surface area contributed by atoms with Gasteiger partial charge in [0.25, 0.3) is 0 Å². The number of benzene rings is 2. The zero-order valence-electron chi connectivity index (χ0n) is 7.90. The maximum Gasteiger partial charge on any atom is 0.167 e. The van der Waals surface area contributed by atoms with E-state index in [4.69, 9.17) is 11.6 Å². The summed E-state index contributed by atoms with van der Waals surface area (Å²) in [5.74, 6) is -2.95. The van der Waals surface area contributed by atoms with Gasteiger partial charge >= 0.3 is 0 Å². The van der Waals surface area contributed by atoms with Gasteiger partial charge in [-0.15, -0.1) is 0 Å². The fraction of sp³-hybridized carbons (Fsp3) is 0. The molecule has 2 aromatic carbocycles. The van der Waals surface area contributed by atoms with Crippen molar-refractivity contribution in [2.75, 3.05) is 0 Å². The molecular weight excluding hydrogens is 237 g/mol.